The number of amides is 1. The standard InChI is InChI=1S/C16H20N2O2/c19-16(11-1-2-13-9-20-10-14(13)7-11)18-6-4-15-12(8-18)3-5-17-15/h1-2,7,12,15,17H,3-6,8-10H2. The Bertz CT molecular complexity index is 543. The van der Waals surface area contributed by atoms with Crippen LogP contribution in [-0.4, -0.2) is 36.5 Å². The molecule has 1 N–H and O–H groups in total. The molecule has 106 valence electrons. The molecule has 2 fully saturated rings. The minimum Gasteiger partial charge on any atom is -0.372 e. The van der Waals surface area contributed by atoms with Gasteiger partial charge >= 0.3 is 0 Å². The Morgan fingerprint density at radius 2 is 2.15 bits per heavy atom. The summed E-state index contributed by atoms with van der Waals surface area (Å²) in [5.41, 5.74) is 3.21. The molecular weight excluding hydrogens is 252 g/mol. The summed E-state index contributed by atoms with van der Waals surface area (Å²) in [6, 6.07) is 6.64. The Labute approximate surface area is 119 Å². The third kappa shape index (κ3) is 2.03. The van der Waals surface area contributed by atoms with E-state index in [4.69, 9.17) is 4.74 Å². The van der Waals surface area contributed by atoms with Crippen LogP contribution in [0.3, 0.4) is 0 Å². The molecule has 3 aliphatic rings. The van der Waals surface area contributed by atoms with Gasteiger partial charge in [-0.05, 0) is 48.6 Å². The summed E-state index contributed by atoms with van der Waals surface area (Å²) < 4.78 is 5.42. The topological polar surface area (TPSA) is 41.6 Å². The van der Waals surface area contributed by atoms with Gasteiger partial charge in [0.25, 0.3) is 5.91 Å². The summed E-state index contributed by atoms with van der Waals surface area (Å²) in [6.45, 7) is 4.21. The maximum atomic E-state index is 12.7. The highest BCUT2D eigenvalue weighted by atomic mass is 16.5. The lowest BCUT2D eigenvalue weighted by Gasteiger charge is -2.35. The molecule has 1 amide bonds. The Kier molecular flexibility index (Phi) is 3.00. The number of ether oxygens (including phenoxy) is 1. The highest BCUT2D eigenvalue weighted by molar-refractivity contribution is 5.94. The van der Waals surface area contributed by atoms with Crippen molar-refractivity contribution < 1.29 is 9.53 Å². The molecule has 4 rings (SSSR count). The van der Waals surface area contributed by atoms with E-state index in [1.807, 2.05) is 23.1 Å². The SMILES string of the molecule is O=C(c1ccc2c(c1)COC2)N1CCC2NCCC2C1. The molecule has 20 heavy (non-hydrogen) atoms. The summed E-state index contributed by atoms with van der Waals surface area (Å²) in [5.74, 6) is 0.829. The lowest BCUT2D eigenvalue weighted by molar-refractivity contribution is 0.0662. The second-order valence-electron chi connectivity index (χ2n) is 6.13. The third-order valence-corrected chi connectivity index (χ3v) is 4.91. The van der Waals surface area contributed by atoms with E-state index in [1.54, 1.807) is 0 Å². The fraction of sp³-hybridized carbons (Fsp3) is 0.562. The first-order valence-corrected chi connectivity index (χ1v) is 7.53. The van der Waals surface area contributed by atoms with Gasteiger partial charge in [0.1, 0.15) is 0 Å². The van der Waals surface area contributed by atoms with Crippen molar-refractivity contribution in [3.05, 3.63) is 34.9 Å². The number of carbonyl (C=O) groups excluding carboxylic acids is 1. The first kappa shape index (κ1) is 12.4. The third-order valence-electron chi connectivity index (χ3n) is 4.91. The number of carbonyl (C=O) groups is 1. The Morgan fingerprint density at radius 3 is 3.10 bits per heavy atom. The predicted octanol–water partition coefficient (Wildman–Crippen LogP) is 1.54. The van der Waals surface area contributed by atoms with Crippen molar-refractivity contribution in [2.75, 3.05) is 19.6 Å². The summed E-state index contributed by atoms with van der Waals surface area (Å²) in [6.07, 6.45) is 2.29. The predicted molar refractivity (Wildman–Crippen MR) is 75.4 cm³/mol. The Hall–Kier alpha value is -1.39. The molecule has 0 aromatic heterocycles. The van der Waals surface area contributed by atoms with E-state index >= 15 is 0 Å². The molecule has 0 aliphatic carbocycles. The molecule has 2 unspecified atom stereocenters. The average Bonchev–Trinajstić information content (AvgIpc) is 3.13. The van der Waals surface area contributed by atoms with Crippen LogP contribution in [0.2, 0.25) is 0 Å². The molecule has 2 saturated heterocycles. The van der Waals surface area contributed by atoms with Gasteiger partial charge in [-0.3, -0.25) is 4.79 Å². The van der Waals surface area contributed by atoms with Crippen LogP contribution in [0.5, 0.6) is 0 Å². The zero-order valence-corrected chi connectivity index (χ0v) is 11.6. The monoisotopic (exact) mass is 272 g/mol. The summed E-state index contributed by atoms with van der Waals surface area (Å²) in [7, 11) is 0. The first-order valence-electron chi connectivity index (χ1n) is 7.53. The van der Waals surface area contributed by atoms with E-state index in [9.17, 15) is 4.79 Å². The van der Waals surface area contributed by atoms with E-state index in [1.165, 1.54) is 17.5 Å². The van der Waals surface area contributed by atoms with Gasteiger partial charge < -0.3 is 15.0 Å². The van der Waals surface area contributed by atoms with E-state index in [2.05, 4.69) is 5.32 Å². The fourth-order valence-electron chi connectivity index (χ4n) is 3.72. The van der Waals surface area contributed by atoms with Crippen LogP contribution in [-0.2, 0) is 18.0 Å². The van der Waals surface area contributed by atoms with Gasteiger partial charge in [0.2, 0.25) is 0 Å². The largest absolute Gasteiger partial charge is 0.372 e. The summed E-state index contributed by atoms with van der Waals surface area (Å²) in [4.78, 5) is 14.7. The molecule has 4 nitrogen and oxygen atoms in total. The Morgan fingerprint density at radius 1 is 1.25 bits per heavy atom. The van der Waals surface area contributed by atoms with Crippen LogP contribution in [0.25, 0.3) is 0 Å². The minimum atomic E-state index is 0.185. The van der Waals surface area contributed by atoms with Gasteiger partial charge in [-0.15, -0.1) is 0 Å². The number of nitrogens with zero attached hydrogens (tertiary/aromatic N) is 1. The van der Waals surface area contributed by atoms with Crippen molar-refractivity contribution in [2.24, 2.45) is 5.92 Å². The highest BCUT2D eigenvalue weighted by Crippen LogP contribution is 2.27. The van der Waals surface area contributed by atoms with Gasteiger partial charge in [-0.25, -0.2) is 0 Å². The van der Waals surface area contributed by atoms with Crippen molar-refractivity contribution >= 4 is 5.91 Å². The molecule has 2 atom stereocenters. The average molecular weight is 272 g/mol. The number of likely N-dealkylation sites (tertiary alicyclic amines) is 1. The lowest BCUT2D eigenvalue weighted by atomic mass is 9.93. The Balaban J connectivity index is 1.52. The van der Waals surface area contributed by atoms with Gasteiger partial charge in [0, 0.05) is 24.7 Å². The van der Waals surface area contributed by atoms with E-state index < -0.39 is 0 Å². The molecule has 3 aliphatic heterocycles. The smallest absolute Gasteiger partial charge is 0.253 e. The van der Waals surface area contributed by atoms with Crippen molar-refractivity contribution in [1.29, 1.82) is 0 Å². The number of hydrogen-bond acceptors (Lipinski definition) is 3. The fourth-order valence-corrected chi connectivity index (χ4v) is 3.72. The zero-order valence-electron chi connectivity index (χ0n) is 11.6. The molecule has 3 heterocycles. The maximum absolute atomic E-state index is 12.7. The summed E-state index contributed by atoms with van der Waals surface area (Å²) in [5, 5.41) is 3.54. The van der Waals surface area contributed by atoms with Crippen molar-refractivity contribution in [3.8, 4) is 0 Å². The van der Waals surface area contributed by atoms with Crippen LogP contribution >= 0.6 is 0 Å². The molecule has 1 aromatic rings. The number of benzene rings is 1. The molecule has 0 bridgehead atoms. The molecule has 1 aromatic carbocycles. The van der Waals surface area contributed by atoms with E-state index in [0.29, 0.717) is 25.2 Å². The lowest BCUT2D eigenvalue weighted by Crippen LogP contribution is -2.46. The number of fused-ring (bicyclic) bond motifs is 2. The number of nitrogens with one attached hydrogen (secondary N) is 1. The van der Waals surface area contributed by atoms with E-state index in [-0.39, 0.29) is 5.91 Å². The van der Waals surface area contributed by atoms with Crippen LogP contribution in [0.15, 0.2) is 18.2 Å². The second kappa shape index (κ2) is 4.86. The normalized spacial score (nSPS) is 28.3. The summed E-state index contributed by atoms with van der Waals surface area (Å²) >= 11 is 0. The maximum Gasteiger partial charge on any atom is 0.253 e. The highest BCUT2D eigenvalue weighted by Gasteiger charge is 2.34. The van der Waals surface area contributed by atoms with Crippen LogP contribution < -0.4 is 5.32 Å². The van der Waals surface area contributed by atoms with Crippen molar-refractivity contribution in [3.63, 3.8) is 0 Å². The minimum absolute atomic E-state index is 0.185. The quantitative estimate of drug-likeness (QED) is 0.843. The van der Waals surface area contributed by atoms with Crippen molar-refractivity contribution in [1.82, 2.24) is 10.2 Å². The first-order chi connectivity index (χ1) is 9.81. The van der Waals surface area contributed by atoms with Crippen LogP contribution in [0.4, 0.5) is 0 Å². The van der Waals surface area contributed by atoms with Gasteiger partial charge in [-0.2, -0.15) is 0 Å². The number of hydrogen-bond donors (Lipinski definition) is 1. The van der Waals surface area contributed by atoms with Crippen molar-refractivity contribution in [2.45, 2.75) is 32.1 Å². The van der Waals surface area contributed by atoms with Gasteiger partial charge in [0.05, 0.1) is 13.2 Å². The molecular formula is C16H20N2O2. The number of piperidine rings is 1. The molecule has 0 spiro atoms. The van der Waals surface area contributed by atoms with E-state index in [0.717, 1.165) is 31.6 Å². The van der Waals surface area contributed by atoms with Crippen LogP contribution in [0, 0.1) is 5.92 Å². The van der Waals surface area contributed by atoms with Crippen LogP contribution in [0.1, 0.15) is 34.3 Å². The number of rotatable bonds is 1. The molecule has 4 heteroatoms. The second-order valence-corrected chi connectivity index (χ2v) is 6.13. The molecule has 0 saturated carbocycles. The molecule has 0 radical (unpaired) electrons. The van der Waals surface area contributed by atoms with Gasteiger partial charge in [0.15, 0.2) is 0 Å². The van der Waals surface area contributed by atoms with Gasteiger partial charge in [-0.1, -0.05) is 6.07 Å². The zero-order chi connectivity index (χ0) is 13.5.